The van der Waals surface area contributed by atoms with Crippen LogP contribution in [0, 0.1) is 0 Å². The standard InChI is InChI=1S/C9H14BrNOS/c1-7(12-2)4-11-5-9-3-8(10)6-13-9/h3,6-7,11H,4-5H2,1-2H3. The molecule has 0 fully saturated rings. The average Bonchev–Trinajstić information content (AvgIpc) is 2.51. The lowest BCUT2D eigenvalue weighted by Gasteiger charge is -2.09. The Morgan fingerprint density at radius 1 is 1.69 bits per heavy atom. The fraction of sp³-hybridized carbons (Fsp3) is 0.556. The molecule has 13 heavy (non-hydrogen) atoms. The first kappa shape index (κ1) is 11.2. The largest absolute Gasteiger partial charge is 0.380 e. The fourth-order valence-electron chi connectivity index (χ4n) is 0.928. The zero-order valence-corrected chi connectivity index (χ0v) is 10.2. The first-order valence-corrected chi connectivity index (χ1v) is 5.86. The van der Waals surface area contributed by atoms with Gasteiger partial charge in [0.1, 0.15) is 0 Å². The maximum Gasteiger partial charge on any atom is 0.0667 e. The number of ether oxygens (including phenoxy) is 1. The molecule has 0 aliphatic rings. The Hall–Kier alpha value is 0.1000. The zero-order valence-electron chi connectivity index (χ0n) is 7.84. The summed E-state index contributed by atoms with van der Waals surface area (Å²) < 4.78 is 6.29. The molecular weight excluding hydrogens is 250 g/mol. The van der Waals surface area contributed by atoms with Crippen LogP contribution in [0.2, 0.25) is 0 Å². The highest BCUT2D eigenvalue weighted by Gasteiger charge is 2.00. The van der Waals surface area contributed by atoms with Crippen LogP contribution in [0.3, 0.4) is 0 Å². The van der Waals surface area contributed by atoms with E-state index in [1.54, 1.807) is 18.4 Å². The Labute approximate surface area is 91.4 Å². The number of thiophene rings is 1. The van der Waals surface area contributed by atoms with E-state index in [2.05, 4.69) is 39.6 Å². The summed E-state index contributed by atoms with van der Waals surface area (Å²) in [6, 6.07) is 2.13. The van der Waals surface area contributed by atoms with Crippen molar-refractivity contribution in [3.05, 3.63) is 20.8 Å². The van der Waals surface area contributed by atoms with Gasteiger partial charge in [0.25, 0.3) is 0 Å². The topological polar surface area (TPSA) is 21.3 Å². The fourth-order valence-corrected chi connectivity index (χ4v) is 2.35. The predicted octanol–water partition coefficient (Wildman–Crippen LogP) is 2.64. The molecule has 1 heterocycles. The van der Waals surface area contributed by atoms with Gasteiger partial charge in [-0.2, -0.15) is 0 Å². The summed E-state index contributed by atoms with van der Waals surface area (Å²) in [6.07, 6.45) is 0.281. The zero-order chi connectivity index (χ0) is 9.68. The second kappa shape index (κ2) is 5.75. The summed E-state index contributed by atoms with van der Waals surface area (Å²) in [5.41, 5.74) is 0. The van der Waals surface area contributed by atoms with Crippen LogP contribution < -0.4 is 5.32 Å². The molecule has 0 aliphatic carbocycles. The lowest BCUT2D eigenvalue weighted by molar-refractivity contribution is 0.117. The highest BCUT2D eigenvalue weighted by molar-refractivity contribution is 9.10. The number of halogens is 1. The lowest BCUT2D eigenvalue weighted by Crippen LogP contribution is -2.25. The van der Waals surface area contributed by atoms with E-state index in [9.17, 15) is 0 Å². The van der Waals surface area contributed by atoms with E-state index < -0.39 is 0 Å². The Bertz CT molecular complexity index is 252. The smallest absolute Gasteiger partial charge is 0.0667 e. The summed E-state index contributed by atoms with van der Waals surface area (Å²) in [6.45, 7) is 3.87. The Morgan fingerprint density at radius 3 is 3.00 bits per heavy atom. The molecule has 0 radical (unpaired) electrons. The van der Waals surface area contributed by atoms with Gasteiger partial charge in [0.05, 0.1) is 6.10 Å². The first-order valence-electron chi connectivity index (χ1n) is 4.19. The molecule has 74 valence electrons. The summed E-state index contributed by atoms with van der Waals surface area (Å²) >= 11 is 5.18. The van der Waals surface area contributed by atoms with Crippen molar-refractivity contribution < 1.29 is 4.74 Å². The van der Waals surface area contributed by atoms with E-state index in [4.69, 9.17) is 4.74 Å². The maximum atomic E-state index is 5.12. The minimum atomic E-state index is 0.281. The summed E-state index contributed by atoms with van der Waals surface area (Å²) in [7, 11) is 1.73. The van der Waals surface area contributed by atoms with Crippen LogP contribution in [0.4, 0.5) is 0 Å². The van der Waals surface area contributed by atoms with Crippen molar-refractivity contribution in [1.82, 2.24) is 5.32 Å². The van der Waals surface area contributed by atoms with Crippen molar-refractivity contribution in [1.29, 1.82) is 0 Å². The quantitative estimate of drug-likeness (QED) is 0.882. The minimum Gasteiger partial charge on any atom is -0.380 e. The molecule has 1 atom stereocenters. The molecule has 0 spiro atoms. The van der Waals surface area contributed by atoms with Crippen LogP contribution in [-0.4, -0.2) is 19.8 Å². The van der Waals surface area contributed by atoms with Crippen LogP contribution in [0.25, 0.3) is 0 Å². The molecule has 1 N–H and O–H groups in total. The van der Waals surface area contributed by atoms with Crippen LogP contribution in [0.1, 0.15) is 11.8 Å². The molecule has 4 heteroatoms. The van der Waals surface area contributed by atoms with E-state index in [0.717, 1.165) is 17.6 Å². The highest BCUT2D eigenvalue weighted by Crippen LogP contribution is 2.19. The van der Waals surface area contributed by atoms with Gasteiger partial charge in [0.15, 0.2) is 0 Å². The van der Waals surface area contributed by atoms with E-state index >= 15 is 0 Å². The minimum absolute atomic E-state index is 0.281. The van der Waals surface area contributed by atoms with Gasteiger partial charge in [-0.1, -0.05) is 0 Å². The van der Waals surface area contributed by atoms with Gasteiger partial charge in [0, 0.05) is 34.9 Å². The number of nitrogens with one attached hydrogen (secondary N) is 1. The lowest BCUT2D eigenvalue weighted by atomic mass is 10.4. The van der Waals surface area contributed by atoms with Gasteiger partial charge in [-0.05, 0) is 28.9 Å². The second-order valence-corrected chi connectivity index (χ2v) is 4.82. The molecule has 0 saturated heterocycles. The van der Waals surface area contributed by atoms with Crippen LogP contribution in [0.15, 0.2) is 15.9 Å². The summed E-state index contributed by atoms with van der Waals surface area (Å²) in [5.74, 6) is 0. The Kier molecular flexibility index (Phi) is 4.94. The van der Waals surface area contributed by atoms with E-state index in [1.807, 2.05) is 0 Å². The first-order chi connectivity index (χ1) is 6.22. The normalized spacial score (nSPS) is 13.2. The maximum absolute atomic E-state index is 5.12. The Morgan fingerprint density at radius 2 is 2.46 bits per heavy atom. The number of methoxy groups -OCH3 is 1. The van der Waals surface area contributed by atoms with E-state index in [0.29, 0.717) is 0 Å². The van der Waals surface area contributed by atoms with Crippen LogP contribution in [-0.2, 0) is 11.3 Å². The molecule has 0 amide bonds. The van der Waals surface area contributed by atoms with E-state index in [-0.39, 0.29) is 6.10 Å². The predicted molar refractivity (Wildman–Crippen MR) is 60.2 cm³/mol. The van der Waals surface area contributed by atoms with Gasteiger partial charge in [-0.15, -0.1) is 11.3 Å². The molecular formula is C9H14BrNOS. The van der Waals surface area contributed by atoms with Crippen LogP contribution in [0.5, 0.6) is 0 Å². The molecule has 0 aromatic carbocycles. The van der Waals surface area contributed by atoms with Crippen molar-refractivity contribution in [2.75, 3.05) is 13.7 Å². The van der Waals surface area contributed by atoms with Gasteiger partial charge < -0.3 is 10.1 Å². The molecule has 0 saturated carbocycles. The highest BCUT2D eigenvalue weighted by atomic mass is 79.9. The van der Waals surface area contributed by atoms with Gasteiger partial charge in [-0.25, -0.2) is 0 Å². The van der Waals surface area contributed by atoms with Crippen molar-refractivity contribution >= 4 is 27.3 Å². The van der Waals surface area contributed by atoms with Gasteiger partial charge in [0.2, 0.25) is 0 Å². The molecule has 1 aromatic rings. The molecule has 1 unspecified atom stereocenters. The molecule has 1 rings (SSSR count). The summed E-state index contributed by atoms with van der Waals surface area (Å²) in [4.78, 5) is 1.34. The third kappa shape index (κ3) is 4.22. The summed E-state index contributed by atoms with van der Waals surface area (Å²) in [5, 5.41) is 5.42. The molecule has 2 nitrogen and oxygen atoms in total. The van der Waals surface area contributed by atoms with Gasteiger partial charge in [-0.3, -0.25) is 0 Å². The van der Waals surface area contributed by atoms with Crippen molar-refractivity contribution in [3.63, 3.8) is 0 Å². The second-order valence-electron chi connectivity index (χ2n) is 2.91. The monoisotopic (exact) mass is 263 g/mol. The average molecular weight is 264 g/mol. The van der Waals surface area contributed by atoms with Crippen molar-refractivity contribution in [3.8, 4) is 0 Å². The van der Waals surface area contributed by atoms with Gasteiger partial charge >= 0.3 is 0 Å². The number of rotatable bonds is 5. The SMILES string of the molecule is COC(C)CNCc1cc(Br)cs1. The molecule has 1 aromatic heterocycles. The molecule has 0 bridgehead atoms. The third-order valence-electron chi connectivity index (χ3n) is 1.76. The van der Waals surface area contributed by atoms with Crippen molar-refractivity contribution in [2.45, 2.75) is 19.6 Å². The Balaban J connectivity index is 2.20. The van der Waals surface area contributed by atoms with E-state index in [1.165, 1.54) is 4.88 Å². The number of hydrogen-bond donors (Lipinski definition) is 1. The van der Waals surface area contributed by atoms with Crippen molar-refractivity contribution in [2.24, 2.45) is 0 Å². The molecule has 0 aliphatic heterocycles. The number of hydrogen-bond acceptors (Lipinski definition) is 3. The van der Waals surface area contributed by atoms with Crippen LogP contribution >= 0.6 is 27.3 Å². The third-order valence-corrected chi connectivity index (χ3v) is 3.45.